The molecule has 1 aromatic heterocycles. The number of phenols is 1. The topological polar surface area (TPSA) is 53.4 Å². The van der Waals surface area contributed by atoms with E-state index in [0.717, 1.165) is 39.3 Å². The first kappa shape index (κ1) is 23.6. The average Bonchev–Trinajstić information content (AvgIpc) is 2.89. The van der Waals surface area contributed by atoms with Gasteiger partial charge in [0.15, 0.2) is 0 Å². The Hall–Kier alpha value is -3.57. The van der Waals surface area contributed by atoms with Gasteiger partial charge >= 0.3 is 0 Å². The second-order valence-corrected chi connectivity index (χ2v) is 9.25. The molecule has 3 aromatic carbocycles. The first-order chi connectivity index (χ1) is 16.6. The molecule has 0 radical (unpaired) electrons. The van der Waals surface area contributed by atoms with E-state index in [9.17, 15) is 9.90 Å². The Morgan fingerprint density at radius 3 is 2.03 bits per heavy atom. The van der Waals surface area contributed by atoms with Gasteiger partial charge in [-0.3, -0.25) is 9.78 Å². The molecule has 1 N–H and O–H groups in total. The molecule has 0 unspecified atom stereocenters. The van der Waals surface area contributed by atoms with Crippen molar-refractivity contribution in [2.24, 2.45) is 0 Å². The highest BCUT2D eigenvalue weighted by atomic mass is 32.2. The van der Waals surface area contributed by atoms with Gasteiger partial charge in [-0.1, -0.05) is 66.7 Å². The van der Waals surface area contributed by atoms with Gasteiger partial charge in [-0.25, -0.2) is 0 Å². The van der Waals surface area contributed by atoms with E-state index in [-0.39, 0.29) is 11.7 Å². The van der Waals surface area contributed by atoms with E-state index in [1.54, 1.807) is 22.9 Å². The maximum Gasteiger partial charge on any atom is 0.223 e. The monoisotopic (exact) mass is 468 g/mol. The number of amides is 1. The van der Waals surface area contributed by atoms with Crippen LogP contribution in [0.15, 0.2) is 102 Å². The lowest BCUT2D eigenvalue weighted by molar-refractivity contribution is -0.129. The SMILES string of the molecule is CN(CCc1ccccn1)C(=O)CCSc1cc(-c2ccccc2)c(O)c(-c2ccccc2)c1. The lowest BCUT2D eigenvalue weighted by atomic mass is 9.97. The summed E-state index contributed by atoms with van der Waals surface area (Å²) in [6.07, 6.45) is 2.97. The van der Waals surface area contributed by atoms with Crippen molar-refractivity contribution >= 4 is 17.7 Å². The number of likely N-dealkylation sites (N-methyl/N-ethyl adjacent to an activating group) is 1. The smallest absolute Gasteiger partial charge is 0.223 e. The van der Waals surface area contributed by atoms with Crippen molar-refractivity contribution in [3.05, 3.63) is 103 Å². The first-order valence-corrected chi connectivity index (χ1v) is 12.3. The van der Waals surface area contributed by atoms with Gasteiger partial charge in [0, 0.05) is 60.1 Å². The van der Waals surface area contributed by atoms with Crippen molar-refractivity contribution in [1.29, 1.82) is 0 Å². The Morgan fingerprint density at radius 2 is 1.47 bits per heavy atom. The molecule has 0 saturated heterocycles. The molecule has 0 bridgehead atoms. The summed E-state index contributed by atoms with van der Waals surface area (Å²) in [5.41, 5.74) is 4.50. The maximum absolute atomic E-state index is 12.6. The molecule has 0 aliphatic rings. The van der Waals surface area contributed by atoms with E-state index < -0.39 is 0 Å². The number of benzene rings is 3. The number of thioether (sulfide) groups is 1. The first-order valence-electron chi connectivity index (χ1n) is 11.4. The van der Waals surface area contributed by atoms with Gasteiger partial charge in [-0.15, -0.1) is 11.8 Å². The summed E-state index contributed by atoms with van der Waals surface area (Å²) in [5, 5.41) is 11.1. The molecule has 0 spiro atoms. The summed E-state index contributed by atoms with van der Waals surface area (Å²) in [6.45, 7) is 0.649. The summed E-state index contributed by atoms with van der Waals surface area (Å²) in [5.74, 6) is 1.06. The summed E-state index contributed by atoms with van der Waals surface area (Å²) >= 11 is 1.64. The van der Waals surface area contributed by atoms with Gasteiger partial charge in [-0.2, -0.15) is 0 Å². The largest absolute Gasteiger partial charge is 0.507 e. The molecular weight excluding hydrogens is 440 g/mol. The van der Waals surface area contributed by atoms with Crippen LogP contribution in [0.4, 0.5) is 0 Å². The van der Waals surface area contributed by atoms with Crippen LogP contribution in [0.3, 0.4) is 0 Å². The molecular formula is C29H28N2O2S. The van der Waals surface area contributed by atoms with Crippen LogP contribution >= 0.6 is 11.8 Å². The minimum atomic E-state index is 0.119. The summed E-state index contributed by atoms with van der Waals surface area (Å²) in [7, 11) is 1.84. The van der Waals surface area contributed by atoms with Crippen LogP contribution in [0.1, 0.15) is 12.1 Å². The van der Waals surface area contributed by atoms with Crippen molar-refractivity contribution in [3.8, 4) is 28.0 Å². The van der Waals surface area contributed by atoms with Gasteiger partial charge < -0.3 is 10.0 Å². The number of pyridine rings is 1. The number of carbonyl (C=O) groups is 1. The Bertz CT molecular complexity index is 1150. The van der Waals surface area contributed by atoms with Gasteiger partial charge in [-0.05, 0) is 35.4 Å². The summed E-state index contributed by atoms with van der Waals surface area (Å²) in [4.78, 5) is 19.8. The van der Waals surface area contributed by atoms with Gasteiger partial charge in [0.05, 0.1) is 0 Å². The number of aromatic nitrogens is 1. The van der Waals surface area contributed by atoms with Crippen molar-refractivity contribution in [3.63, 3.8) is 0 Å². The van der Waals surface area contributed by atoms with Gasteiger partial charge in [0.1, 0.15) is 5.75 Å². The fourth-order valence-electron chi connectivity index (χ4n) is 3.77. The zero-order valence-electron chi connectivity index (χ0n) is 19.2. The number of rotatable bonds is 9. The highest BCUT2D eigenvalue weighted by molar-refractivity contribution is 7.99. The predicted molar refractivity (Wildman–Crippen MR) is 140 cm³/mol. The Kier molecular flexibility index (Phi) is 7.99. The van der Waals surface area contributed by atoms with Crippen molar-refractivity contribution in [1.82, 2.24) is 9.88 Å². The van der Waals surface area contributed by atoms with Crippen LogP contribution in [-0.4, -0.2) is 40.2 Å². The third kappa shape index (κ3) is 6.06. The molecule has 5 heteroatoms. The molecule has 1 heterocycles. The van der Waals surface area contributed by atoms with Crippen LogP contribution in [-0.2, 0) is 11.2 Å². The van der Waals surface area contributed by atoms with Crippen molar-refractivity contribution in [2.75, 3.05) is 19.3 Å². The van der Waals surface area contributed by atoms with E-state index in [2.05, 4.69) is 4.98 Å². The Balaban J connectivity index is 1.45. The normalized spacial score (nSPS) is 10.7. The summed E-state index contributed by atoms with van der Waals surface area (Å²) in [6, 6.07) is 29.7. The zero-order valence-corrected chi connectivity index (χ0v) is 20.0. The number of hydrogen-bond acceptors (Lipinski definition) is 4. The van der Waals surface area contributed by atoms with Crippen LogP contribution in [0, 0.1) is 0 Å². The Labute approximate surface area is 205 Å². The highest BCUT2D eigenvalue weighted by Crippen LogP contribution is 2.41. The molecule has 34 heavy (non-hydrogen) atoms. The van der Waals surface area contributed by atoms with Crippen LogP contribution < -0.4 is 0 Å². The minimum Gasteiger partial charge on any atom is -0.507 e. The Morgan fingerprint density at radius 1 is 0.882 bits per heavy atom. The molecule has 4 nitrogen and oxygen atoms in total. The third-order valence-electron chi connectivity index (χ3n) is 5.69. The number of carbonyl (C=O) groups excluding carboxylic acids is 1. The molecule has 0 fully saturated rings. The lowest BCUT2D eigenvalue weighted by Gasteiger charge is -2.17. The zero-order chi connectivity index (χ0) is 23.8. The van der Waals surface area contributed by atoms with E-state index in [1.165, 1.54) is 0 Å². The predicted octanol–water partition coefficient (Wildman–Crippen LogP) is 6.30. The molecule has 0 aliphatic heterocycles. The van der Waals surface area contributed by atoms with E-state index in [0.29, 0.717) is 18.7 Å². The number of hydrogen-bond donors (Lipinski definition) is 1. The summed E-state index contributed by atoms with van der Waals surface area (Å²) < 4.78 is 0. The van der Waals surface area contributed by atoms with Gasteiger partial charge in [0.2, 0.25) is 5.91 Å². The van der Waals surface area contributed by atoms with E-state index in [4.69, 9.17) is 0 Å². The molecule has 4 aromatic rings. The fourth-order valence-corrected chi connectivity index (χ4v) is 4.68. The molecule has 0 atom stereocenters. The standard InChI is InChI=1S/C29H28N2O2S/c1-31(18-15-24-14-8-9-17-30-24)28(32)16-19-34-25-20-26(22-10-4-2-5-11-22)29(33)27(21-25)23-12-6-3-7-13-23/h2-14,17,20-21,33H,15-16,18-19H2,1H3. The maximum atomic E-state index is 12.6. The molecule has 1 amide bonds. The number of aromatic hydroxyl groups is 1. The molecule has 0 aliphatic carbocycles. The fraction of sp³-hybridized carbons (Fsp3) is 0.172. The van der Waals surface area contributed by atoms with Crippen molar-refractivity contribution < 1.29 is 9.90 Å². The van der Waals surface area contributed by atoms with Crippen LogP contribution in [0.2, 0.25) is 0 Å². The van der Waals surface area contributed by atoms with Crippen molar-refractivity contribution in [2.45, 2.75) is 17.7 Å². The third-order valence-corrected chi connectivity index (χ3v) is 6.67. The minimum absolute atomic E-state index is 0.119. The number of phenolic OH excluding ortho intramolecular Hbond substituents is 1. The van der Waals surface area contributed by atoms with E-state index >= 15 is 0 Å². The van der Waals surface area contributed by atoms with E-state index in [1.807, 2.05) is 98.0 Å². The second kappa shape index (κ2) is 11.5. The van der Waals surface area contributed by atoms with Gasteiger partial charge in [0.25, 0.3) is 0 Å². The highest BCUT2D eigenvalue weighted by Gasteiger charge is 2.15. The van der Waals surface area contributed by atoms with Crippen LogP contribution in [0.5, 0.6) is 5.75 Å². The van der Waals surface area contributed by atoms with Crippen LogP contribution in [0.25, 0.3) is 22.3 Å². The average molecular weight is 469 g/mol. The lowest BCUT2D eigenvalue weighted by Crippen LogP contribution is -2.29. The number of nitrogens with zero attached hydrogens (tertiary/aromatic N) is 2. The molecule has 0 saturated carbocycles. The quantitative estimate of drug-likeness (QED) is 0.293. The molecule has 4 rings (SSSR count). The second-order valence-electron chi connectivity index (χ2n) is 8.08. The molecule has 172 valence electrons.